The number of carbonyl (C=O) groups excluding carboxylic acids is 2. The van der Waals surface area contributed by atoms with Gasteiger partial charge in [0.2, 0.25) is 0 Å². The first kappa shape index (κ1) is 18.9. The molecule has 0 aliphatic heterocycles. The number of hydrogen-bond acceptors (Lipinski definition) is 4. The fourth-order valence-electron chi connectivity index (χ4n) is 2.13. The highest BCUT2D eigenvalue weighted by atomic mass is 35.5. The third-order valence-corrected chi connectivity index (χ3v) is 3.97. The fraction of sp³-hybridized carbons (Fsp3) is 0.263. The minimum Gasteiger partial charge on any atom is -0.426 e. The highest BCUT2D eigenvalue weighted by Gasteiger charge is 2.14. The molecular weight excluding hydrogens is 347 g/mol. The Labute approximate surface area is 150 Å². The van der Waals surface area contributed by atoms with Crippen molar-refractivity contribution in [2.24, 2.45) is 0 Å². The molecule has 0 saturated carbocycles. The lowest BCUT2D eigenvalue weighted by Crippen LogP contribution is -2.12. The van der Waals surface area contributed by atoms with Crippen molar-refractivity contribution >= 4 is 23.5 Å². The first-order chi connectivity index (χ1) is 11.9. The zero-order valence-electron chi connectivity index (χ0n) is 14.0. The third-order valence-electron chi connectivity index (χ3n) is 3.68. The van der Waals surface area contributed by atoms with Crippen LogP contribution in [0.15, 0.2) is 36.4 Å². The van der Waals surface area contributed by atoms with E-state index < -0.39 is 17.8 Å². The van der Waals surface area contributed by atoms with Crippen LogP contribution in [0.25, 0.3) is 0 Å². The van der Waals surface area contributed by atoms with Gasteiger partial charge in [-0.1, -0.05) is 29.8 Å². The van der Waals surface area contributed by atoms with Gasteiger partial charge in [-0.25, -0.2) is 4.39 Å². The predicted octanol–water partition coefficient (Wildman–Crippen LogP) is 4.78. The van der Waals surface area contributed by atoms with E-state index in [9.17, 15) is 14.0 Å². The van der Waals surface area contributed by atoms with Crippen molar-refractivity contribution in [2.45, 2.75) is 33.1 Å². The molecule has 0 unspecified atom stereocenters. The second kappa shape index (κ2) is 8.62. The number of esters is 2. The smallest absolute Gasteiger partial charge is 0.311 e. The topological polar surface area (TPSA) is 52.6 Å². The minimum absolute atomic E-state index is 0.0164. The van der Waals surface area contributed by atoms with Crippen LogP contribution in [-0.4, -0.2) is 11.9 Å². The van der Waals surface area contributed by atoms with E-state index in [1.54, 1.807) is 12.1 Å². The summed E-state index contributed by atoms with van der Waals surface area (Å²) in [6, 6.07) is 9.44. The normalized spacial score (nSPS) is 10.4. The van der Waals surface area contributed by atoms with Crippen molar-refractivity contribution in [1.82, 2.24) is 0 Å². The maximum absolute atomic E-state index is 13.5. The maximum atomic E-state index is 13.5. The lowest BCUT2D eigenvalue weighted by Gasteiger charge is -2.09. The summed E-state index contributed by atoms with van der Waals surface area (Å²) in [7, 11) is 0. The molecule has 0 saturated heterocycles. The molecule has 0 heterocycles. The van der Waals surface area contributed by atoms with Gasteiger partial charge in [0.1, 0.15) is 5.75 Å². The van der Waals surface area contributed by atoms with E-state index in [4.69, 9.17) is 21.1 Å². The van der Waals surface area contributed by atoms with Crippen LogP contribution in [0.3, 0.4) is 0 Å². The molecule has 6 heteroatoms. The van der Waals surface area contributed by atoms with Gasteiger partial charge >= 0.3 is 11.9 Å². The van der Waals surface area contributed by atoms with Gasteiger partial charge in [-0.3, -0.25) is 9.59 Å². The number of hydrogen-bond donors (Lipinski definition) is 0. The molecule has 0 amide bonds. The van der Waals surface area contributed by atoms with Gasteiger partial charge in [0.15, 0.2) is 11.6 Å². The largest absolute Gasteiger partial charge is 0.426 e. The average molecular weight is 365 g/mol. The van der Waals surface area contributed by atoms with Gasteiger partial charge in [-0.2, -0.15) is 0 Å². The Morgan fingerprint density at radius 3 is 2.32 bits per heavy atom. The van der Waals surface area contributed by atoms with E-state index in [1.807, 2.05) is 19.9 Å². The van der Waals surface area contributed by atoms with Gasteiger partial charge in [-0.05, 0) is 49.6 Å². The number of benzene rings is 2. The zero-order valence-corrected chi connectivity index (χ0v) is 14.7. The summed E-state index contributed by atoms with van der Waals surface area (Å²) in [6.07, 6.45) is 0.231. The van der Waals surface area contributed by atoms with Crippen molar-refractivity contribution < 1.29 is 23.5 Å². The molecule has 0 aliphatic rings. The predicted molar refractivity (Wildman–Crippen MR) is 92.4 cm³/mol. The van der Waals surface area contributed by atoms with Crippen LogP contribution in [0.5, 0.6) is 11.5 Å². The SMILES string of the molecule is Cc1cccc(OC(=O)CCCC(=O)Oc2c(F)cccc2Cl)c1C. The Kier molecular flexibility index (Phi) is 6.53. The van der Waals surface area contributed by atoms with Crippen molar-refractivity contribution in [3.8, 4) is 11.5 Å². The number of aryl methyl sites for hydroxylation is 1. The van der Waals surface area contributed by atoms with Crippen LogP contribution in [-0.2, 0) is 9.59 Å². The first-order valence-corrected chi connectivity index (χ1v) is 8.18. The monoisotopic (exact) mass is 364 g/mol. The van der Waals surface area contributed by atoms with Crippen molar-refractivity contribution in [3.05, 3.63) is 58.4 Å². The van der Waals surface area contributed by atoms with Gasteiger partial charge in [0, 0.05) is 12.8 Å². The van der Waals surface area contributed by atoms with Crippen molar-refractivity contribution in [2.75, 3.05) is 0 Å². The third kappa shape index (κ3) is 5.29. The number of ether oxygens (including phenoxy) is 2. The second-order valence-corrected chi connectivity index (χ2v) is 5.96. The van der Waals surface area contributed by atoms with Gasteiger partial charge in [0.05, 0.1) is 5.02 Å². The summed E-state index contributed by atoms with van der Waals surface area (Å²) in [6.45, 7) is 3.80. The molecule has 25 heavy (non-hydrogen) atoms. The van der Waals surface area contributed by atoms with E-state index in [2.05, 4.69) is 0 Å². The molecule has 132 valence electrons. The Morgan fingerprint density at radius 1 is 1.00 bits per heavy atom. The molecule has 0 spiro atoms. The van der Waals surface area contributed by atoms with E-state index in [0.29, 0.717) is 5.75 Å². The number of carbonyl (C=O) groups is 2. The first-order valence-electron chi connectivity index (χ1n) is 7.80. The minimum atomic E-state index is -0.713. The summed E-state index contributed by atoms with van der Waals surface area (Å²) in [4.78, 5) is 23.6. The summed E-state index contributed by atoms with van der Waals surface area (Å²) in [5.41, 5.74) is 1.92. The Balaban J connectivity index is 1.81. The van der Waals surface area contributed by atoms with E-state index in [0.717, 1.165) is 17.2 Å². The molecule has 0 aliphatic carbocycles. The Morgan fingerprint density at radius 2 is 1.64 bits per heavy atom. The molecule has 0 fully saturated rings. The second-order valence-electron chi connectivity index (χ2n) is 5.55. The molecule has 2 aromatic rings. The molecule has 2 aromatic carbocycles. The average Bonchev–Trinajstić information content (AvgIpc) is 2.55. The highest BCUT2D eigenvalue weighted by molar-refractivity contribution is 6.32. The number of rotatable bonds is 6. The van der Waals surface area contributed by atoms with Gasteiger partial charge < -0.3 is 9.47 Å². The Hall–Kier alpha value is -2.40. The van der Waals surface area contributed by atoms with E-state index in [1.165, 1.54) is 12.1 Å². The molecule has 2 rings (SSSR count). The number of para-hydroxylation sites is 1. The van der Waals surface area contributed by atoms with Crippen LogP contribution < -0.4 is 9.47 Å². The lowest BCUT2D eigenvalue weighted by molar-refractivity contribution is -0.136. The quantitative estimate of drug-likeness (QED) is 0.547. The molecule has 0 atom stereocenters. The van der Waals surface area contributed by atoms with Crippen molar-refractivity contribution in [3.63, 3.8) is 0 Å². The Bertz CT molecular complexity index is 769. The summed E-state index contributed by atoms with van der Waals surface area (Å²) >= 11 is 5.78. The van der Waals surface area contributed by atoms with Gasteiger partial charge in [-0.15, -0.1) is 0 Å². The van der Waals surface area contributed by atoms with E-state index >= 15 is 0 Å². The lowest BCUT2D eigenvalue weighted by atomic mass is 10.1. The van der Waals surface area contributed by atoms with Gasteiger partial charge in [0.25, 0.3) is 0 Å². The summed E-state index contributed by atoms with van der Waals surface area (Å²) < 4.78 is 23.7. The molecule has 4 nitrogen and oxygen atoms in total. The fourth-order valence-corrected chi connectivity index (χ4v) is 2.33. The zero-order chi connectivity index (χ0) is 18.4. The number of halogens is 2. The standard InChI is InChI=1S/C19H18ClFO4/c1-12-6-3-9-16(13(12)2)24-17(22)10-5-11-18(23)25-19-14(20)7-4-8-15(19)21/h3-4,6-9H,5,10-11H2,1-2H3. The molecule has 0 N–H and O–H groups in total. The molecule has 0 radical (unpaired) electrons. The van der Waals surface area contributed by atoms with E-state index in [-0.39, 0.29) is 30.0 Å². The highest BCUT2D eigenvalue weighted by Crippen LogP contribution is 2.27. The summed E-state index contributed by atoms with van der Waals surface area (Å²) in [5, 5.41) is 0.0164. The van der Waals surface area contributed by atoms with Crippen LogP contribution in [0.2, 0.25) is 5.02 Å². The molecular formula is C19H18ClFO4. The van der Waals surface area contributed by atoms with Crippen LogP contribution >= 0.6 is 11.6 Å². The van der Waals surface area contributed by atoms with Crippen LogP contribution in [0.4, 0.5) is 4.39 Å². The summed E-state index contributed by atoms with van der Waals surface area (Å²) in [5.74, 6) is -1.61. The van der Waals surface area contributed by atoms with Crippen LogP contribution in [0.1, 0.15) is 30.4 Å². The molecule has 0 aromatic heterocycles. The maximum Gasteiger partial charge on any atom is 0.311 e. The van der Waals surface area contributed by atoms with Crippen LogP contribution in [0, 0.1) is 19.7 Å². The molecule has 0 bridgehead atoms. The van der Waals surface area contributed by atoms with Crippen molar-refractivity contribution in [1.29, 1.82) is 0 Å².